The summed E-state index contributed by atoms with van der Waals surface area (Å²) in [7, 11) is 3.10. The van der Waals surface area contributed by atoms with Crippen LogP contribution in [0.3, 0.4) is 0 Å². The van der Waals surface area contributed by atoms with Crippen molar-refractivity contribution in [2.24, 2.45) is 0 Å². The molecule has 3 rings (SSSR count). The van der Waals surface area contributed by atoms with E-state index in [1.54, 1.807) is 13.2 Å². The molecule has 1 unspecified atom stereocenters. The number of hydrogen-bond acceptors (Lipinski definition) is 4. The molecule has 0 spiro atoms. The number of piperidine rings is 1. The summed E-state index contributed by atoms with van der Waals surface area (Å²) in [5.74, 6) is 0.176. The van der Waals surface area contributed by atoms with Crippen LogP contribution in [0.4, 0.5) is 4.39 Å². The van der Waals surface area contributed by atoms with E-state index in [1.807, 2.05) is 24.3 Å². The van der Waals surface area contributed by atoms with Crippen LogP contribution in [0.1, 0.15) is 41.2 Å². The number of benzene rings is 2. The van der Waals surface area contributed by atoms with E-state index in [-0.39, 0.29) is 11.6 Å². The minimum atomic E-state index is -0.587. The predicted octanol–water partition coefficient (Wildman–Crippen LogP) is 3.80. The highest BCUT2D eigenvalue weighted by Crippen LogP contribution is 2.26. The molecule has 1 amide bonds. The van der Waals surface area contributed by atoms with Crippen LogP contribution in [0.5, 0.6) is 11.5 Å². The standard InChI is InChI=1S/C22H27FN2O3/c1-27-17-8-6-16(7-9-17)21(25-12-4-3-5-13-25)15-24-22(26)19-11-10-18(28-2)14-20(19)23/h6-11,14,21H,3-5,12-13,15H2,1-2H3,(H,24,26). The Bertz CT molecular complexity index is 789. The van der Waals surface area contributed by atoms with Crippen molar-refractivity contribution in [1.29, 1.82) is 0 Å². The van der Waals surface area contributed by atoms with Gasteiger partial charge in [-0.25, -0.2) is 4.39 Å². The van der Waals surface area contributed by atoms with Crippen molar-refractivity contribution < 1.29 is 18.7 Å². The van der Waals surface area contributed by atoms with Crippen LogP contribution in [-0.2, 0) is 0 Å². The van der Waals surface area contributed by atoms with E-state index in [4.69, 9.17) is 9.47 Å². The lowest BCUT2D eigenvalue weighted by molar-refractivity contribution is 0.0920. The highest BCUT2D eigenvalue weighted by atomic mass is 19.1. The molecule has 0 saturated carbocycles. The molecule has 0 aromatic heterocycles. The molecule has 0 bridgehead atoms. The van der Waals surface area contributed by atoms with Crippen molar-refractivity contribution in [3.8, 4) is 11.5 Å². The zero-order chi connectivity index (χ0) is 19.9. The lowest BCUT2D eigenvalue weighted by Gasteiger charge is -2.35. The summed E-state index contributed by atoms with van der Waals surface area (Å²) < 4.78 is 24.5. The summed E-state index contributed by atoms with van der Waals surface area (Å²) >= 11 is 0. The van der Waals surface area contributed by atoms with Gasteiger partial charge in [0, 0.05) is 12.6 Å². The van der Waals surface area contributed by atoms with E-state index in [2.05, 4.69) is 10.2 Å². The Balaban J connectivity index is 1.74. The molecule has 1 saturated heterocycles. The summed E-state index contributed by atoms with van der Waals surface area (Å²) in [6.45, 7) is 2.39. The van der Waals surface area contributed by atoms with Gasteiger partial charge >= 0.3 is 0 Å². The van der Waals surface area contributed by atoms with Gasteiger partial charge in [-0.1, -0.05) is 18.6 Å². The molecular weight excluding hydrogens is 359 g/mol. The van der Waals surface area contributed by atoms with Gasteiger partial charge < -0.3 is 14.8 Å². The van der Waals surface area contributed by atoms with E-state index in [0.29, 0.717) is 12.3 Å². The van der Waals surface area contributed by atoms with Gasteiger partial charge in [0.25, 0.3) is 5.91 Å². The molecule has 6 heteroatoms. The van der Waals surface area contributed by atoms with Gasteiger partial charge in [0.05, 0.1) is 25.8 Å². The van der Waals surface area contributed by atoms with Gasteiger partial charge in [0.1, 0.15) is 17.3 Å². The van der Waals surface area contributed by atoms with Crippen LogP contribution in [0.2, 0.25) is 0 Å². The minimum Gasteiger partial charge on any atom is -0.497 e. The Labute approximate surface area is 165 Å². The molecule has 150 valence electrons. The zero-order valence-electron chi connectivity index (χ0n) is 16.4. The largest absolute Gasteiger partial charge is 0.497 e. The van der Waals surface area contributed by atoms with Crippen LogP contribution >= 0.6 is 0 Å². The van der Waals surface area contributed by atoms with E-state index >= 15 is 0 Å². The number of rotatable bonds is 7. The normalized spacial score (nSPS) is 15.7. The van der Waals surface area contributed by atoms with Crippen molar-refractivity contribution in [2.45, 2.75) is 25.3 Å². The van der Waals surface area contributed by atoms with Gasteiger partial charge in [-0.05, 0) is 55.8 Å². The van der Waals surface area contributed by atoms with Crippen molar-refractivity contribution >= 4 is 5.91 Å². The lowest BCUT2D eigenvalue weighted by Crippen LogP contribution is -2.40. The molecule has 1 heterocycles. The molecule has 1 atom stereocenters. The number of amides is 1. The first-order chi connectivity index (χ1) is 13.6. The molecule has 2 aromatic carbocycles. The maximum Gasteiger partial charge on any atom is 0.254 e. The van der Waals surface area contributed by atoms with Crippen molar-refractivity contribution in [2.75, 3.05) is 33.9 Å². The summed E-state index contributed by atoms with van der Waals surface area (Å²) in [5.41, 5.74) is 1.13. The predicted molar refractivity (Wildman–Crippen MR) is 106 cm³/mol. The number of halogens is 1. The van der Waals surface area contributed by atoms with Crippen LogP contribution in [0.25, 0.3) is 0 Å². The van der Waals surface area contributed by atoms with Crippen LogP contribution in [0, 0.1) is 5.82 Å². The first-order valence-electron chi connectivity index (χ1n) is 9.62. The molecule has 1 N–H and O–H groups in total. The second kappa shape index (κ2) is 9.55. The molecule has 1 fully saturated rings. The number of nitrogens with one attached hydrogen (secondary N) is 1. The second-order valence-corrected chi connectivity index (χ2v) is 6.94. The molecular formula is C22H27FN2O3. The van der Waals surface area contributed by atoms with Gasteiger partial charge in [-0.3, -0.25) is 9.69 Å². The van der Waals surface area contributed by atoms with Gasteiger partial charge in [0.2, 0.25) is 0 Å². The number of carbonyl (C=O) groups is 1. The number of ether oxygens (including phenoxy) is 2. The fourth-order valence-electron chi connectivity index (χ4n) is 3.61. The number of carbonyl (C=O) groups excluding carboxylic acids is 1. The molecule has 1 aliphatic rings. The fourth-order valence-corrected chi connectivity index (χ4v) is 3.61. The van der Waals surface area contributed by atoms with E-state index in [0.717, 1.165) is 37.2 Å². The Morgan fingerprint density at radius 1 is 1.04 bits per heavy atom. The third kappa shape index (κ3) is 4.81. The first-order valence-corrected chi connectivity index (χ1v) is 9.62. The Kier molecular flexibility index (Phi) is 6.87. The van der Waals surface area contributed by atoms with E-state index in [9.17, 15) is 9.18 Å². The average molecular weight is 386 g/mol. The smallest absolute Gasteiger partial charge is 0.254 e. The van der Waals surface area contributed by atoms with Crippen LogP contribution in [-0.4, -0.2) is 44.7 Å². The Morgan fingerprint density at radius 3 is 2.29 bits per heavy atom. The maximum absolute atomic E-state index is 14.2. The Hall–Kier alpha value is -2.60. The maximum atomic E-state index is 14.2. The van der Waals surface area contributed by atoms with E-state index < -0.39 is 11.7 Å². The highest BCUT2D eigenvalue weighted by Gasteiger charge is 2.23. The lowest BCUT2D eigenvalue weighted by atomic mass is 10.0. The number of hydrogen-bond donors (Lipinski definition) is 1. The number of likely N-dealkylation sites (tertiary alicyclic amines) is 1. The zero-order valence-corrected chi connectivity index (χ0v) is 16.4. The summed E-state index contributed by atoms with van der Waals surface area (Å²) in [5, 5.41) is 2.91. The summed E-state index contributed by atoms with van der Waals surface area (Å²) in [4.78, 5) is 14.9. The van der Waals surface area contributed by atoms with Crippen molar-refractivity contribution in [3.05, 3.63) is 59.4 Å². The number of nitrogens with zero attached hydrogens (tertiary/aromatic N) is 1. The third-order valence-corrected chi connectivity index (χ3v) is 5.21. The number of methoxy groups -OCH3 is 2. The Morgan fingerprint density at radius 2 is 1.68 bits per heavy atom. The minimum absolute atomic E-state index is 0.0212. The van der Waals surface area contributed by atoms with Crippen molar-refractivity contribution in [3.63, 3.8) is 0 Å². The van der Waals surface area contributed by atoms with Gasteiger partial charge in [-0.2, -0.15) is 0 Å². The second-order valence-electron chi connectivity index (χ2n) is 6.94. The molecule has 2 aromatic rings. The average Bonchev–Trinajstić information content (AvgIpc) is 2.74. The summed E-state index contributed by atoms with van der Waals surface area (Å²) in [6, 6.07) is 12.2. The topological polar surface area (TPSA) is 50.8 Å². The summed E-state index contributed by atoms with van der Waals surface area (Å²) in [6.07, 6.45) is 3.52. The quantitative estimate of drug-likeness (QED) is 0.786. The fraction of sp³-hybridized carbons (Fsp3) is 0.409. The monoisotopic (exact) mass is 386 g/mol. The SMILES string of the molecule is COc1ccc(C(CNC(=O)c2ccc(OC)cc2F)N2CCCCC2)cc1. The molecule has 5 nitrogen and oxygen atoms in total. The first kappa shape index (κ1) is 20.1. The van der Waals surface area contributed by atoms with Crippen LogP contribution in [0.15, 0.2) is 42.5 Å². The van der Waals surface area contributed by atoms with Gasteiger partial charge in [0.15, 0.2) is 0 Å². The highest BCUT2D eigenvalue weighted by molar-refractivity contribution is 5.94. The molecule has 0 aliphatic carbocycles. The van der Waals surface area contributed by atoms with Crippen molar-refractivity contribution in [1.82, 2.24) is 10.2 Å². The van der Waals surface area contributed by atoms with E-state index in [1.165, 1.54) is 25.7 Å². The van der Waals surface area contributed by atoms with Crippen LogP contribution < -0.4 is 14.8 Å². The molecule has 0 radical (unpaired) electrons. The van der Waals surface area contributed by atoms with Gasteiger partial charge in [-0.15, -0.1) is 0 Å². The third-order valence-electron chi connectivity index (χ3n) is 5.21. The molecule has 1 aliphatic heterocycles. The molecule has 28 heavy (non-hydrogen) atoms.